The number of ether oxygens (including phenoxy) is 1. The number of nitrogens with one attached hydrogen (secondary N) is 3. The Hall–Kier alpha value is -2.44. The number of nitrogens with two attached hydrogens (primary N) is 1. The minimum Gasteiger partial charge on any atom is -0.450 e. The zero-order chi connectivity index (χ0) is 14.1. The van der Waals surface area contributed by atoms with E-state index in [9.17, 15) is 9.59 Å². The molecule has 0 radical (unpaired) electrons. The van der Waals surface area contributed by atoms with E-state index in [1.165, 1.54) is 0 Å². The van der Waals surface area contributed by atoms with Crippen LogP contribution >= 0.6 is 0 Å². The number of alkyl carbamates (subject to hydrolysis) is 1. The van der Waals surface area contributed by atoms with Gasteiger partial charge in [-0.15, -0.1) is 0 Å². The van der Waals surface area contributed by atoms with Gasteiger partial charge in [-0.1, -0.05) is 0 Å². The molecule has 0 aromatic heterocycles. The average molecular weight is 266 g/mol. The molecule has 0 spiro atoms. The monoisotopic (exact) mass is 266 g/mol. The largest absolute Gasteiger partial charge is 0.450 e. The first-order chi connectivity index (χ1) is 9.11. The number of urea groups is 1. The highest BCUT2D eigenvalue weighted by atomic mass is 16.5. The number of hydrogen-bond acceptors (Lipinski definition) is 4. The number of anilines is 2. The number of carbonyl (C=O) groups excluding carboxylic acids is 2. The van der Waals surface area contributed by atoms with E-state index in [4.69, 9.17) is 5.73 Å². The summed E-state index contributed by atoms with van der Waals surface area (Å²) in [5, 5.41) is 7.71. The van der Waals surface area contributed by atoms with Gasteiger partial charge in [0.25, 0.3) is 0 Å². The predicted molar refractivity (Wildman–Crippen MR) is 72.9 cm³/mol. The number of carbonyl (C=O) groups is 2. The Morgan fingerprint density at radius 2 is 1.79 bits per heavy atom. The Balaban J connectivity index is 2.18. The van der Waals surface area contributed by atoms with Crippen LogP contribution in [0.4, 0.5) is 21.0 Å². The SMILES string of the molecule is CCOC(=O)NCCNC(=O)Nc1ccc(N)cc1. The summed E-state index contributed by atoms with van der Waals surface area (Å²) >= 11 is 0. The molecule has 5 N–H and O–H groups in total. The molecule has 19 heavy (non-hydrogen) atoms. The average Bonchev–Trinajstić information content (AvgIpc) is 2.38. The summed E-state index contributed by atoms with van der Waals surface area (Å²) in [6.07, 6.45) is -0.497. The molecule has 7 nitrogen and oxygen atoms in total. The van der Waals surface area contributed by atoms with E-state index in [-0.39, 0.29) is 6.03 Å². The molecule has 3 amide bonds. The van der Waals surface area contributed by atoms with Crippen molar-refractivity contribution in [1.29, 1.82) is 0 Å². The van der Waals surface area contributed by atoms with Crippen molar-refractivity contribution in [3.8, 4) is 0 Å². The van der Waals surface area contributed by atoms with Crippen LogP contribution in [0, 0.1) is 0 Å². The van der Waals surface area contributed by atoms with Crippen molar-refractivity contribution >= 4 is 23.5 Å². The predicted octanol–water partition coefficient (Wildman–Crippen LogP) is 1.14. The summed E-state index contributed by atoms with van der Waals surface area (Å²) in [4.78, 5) is 22.4. The Morgan fingerprint density at radius 1 is 1.16 bits per heavy atom. The van der Waals surface area contributed by atoms with Gasteiger partial charge in [0.05, 0.1) is 6.61 Å². The summed E-state index contributed by atoms with van der Waals surface area (Å²) in [5.74, 6) is 0. The molecule has 0 saturated heterocycles. The number of rotatable bonds is 5. The fourth-order valence-corrected chi connectivity index (χ4v) is 1.26. The third-order valence-electron chi connectivity index (χ3n) is 2.12. The molecule has 0 unspecified atom stereocenters. The molecule has 104 valence electrons. The second kappa shape index (κ2) is 7.80. The number of benzene rings is 1. The smallest absolute Gasteiger partial charge is 0.407 e. The standard InChI is InChI=1S/C12H18N4O3/c1-2-19-12(18)15-8-7-14-11(17)16-10-5-3-9(13)4-6-10/h3-6H,2,7-8,13H2,1H3,(H,15,18)(H2,14,16,17). The summed E-state index contributed by atoms with van der Waals surface area (Å²) in [6, 6.07) is 6.43. The van der Waals surface area contributed by atoms with Crippen LogP contribution in [0.2, 0.25) is 0 Å². The van der Waals surface area contributed by atoms with Gasteiger partial charge in [0.1, 0.15) is 0 Å². The normalized spacial score (nSPS) is 9.53. The maximum absolute atomic E-state index is 11.5. The highest BCUT2D eigenvalue weighted by Crippen LogP contribution is 2.09. The van der Waals surface area contributed by atoms with Crippen LogP contribution in [0.5, 0.6) is 0 Å². The minimum absolute atomic E-state index is 0.300. The van der Waals surface area contributed by atoms with Crippen molar-refractivity contribution in [2.75, 3.05) is 30.7 Å². The third-order valence-corrected chi connectivity index (χ3v) is 2.12. The van der Waals surface area contributed by atoms with Crippen molar-refractivity contribution in [2.45, 2.75) is 6.92 Å². The van der Waals surface area contributed by atoms with E-state index in [0.717, 1.165) is 0 Å². The van der Waals surface area contributed by atoms with Crippen molar-refractivity contribution in [1.82, 2.24) is 10.6 Å². The van der Waals surface area contributed by atoms with Gasteiger partial charge < -0.3 is 26.4 Å². The lowest BCUT2D eigenvalue weighted by atomic mass is 10.3. The molecule has 0 heterocycles. The molecule has 1 rings (SSSR count). The van der Waals surface area contributed by atoms with E-state index in [1.54, 1.807) is 31.2 Å². The molecular weight excluding hydrogens is 248 g/mol. The Morgan fingerprint density at radius 3 is 2.42 bits per heavy atom. The van der Waals surface area contributed by atoms with Gasteiger partial charge in [0, 0.05) is 24.5 Å². The van der Waals surface area contributed by atoms with Crippen LogP contribution in [0.15, 0.2) is 24.3 Å². The zero-order valence-electron chi connectivity index (χ0n) is 10.7. The van der Waals surface area contributed by atoms with Crippen LogP contribution in [0.25, 0.3) is 0 Å². The molecule has 0 atom stereocenters. The molecular formula is C12H18N4O3. The molecule has 0 aliphatic carbocycles. The second-order valence-corrected chi connectivity index (χ2v) is 3.65. The second-order valence-electron chi connectivity index (χ2n) is 3.65. The first-order valence-electron chi connectivity index (χ1n) is 5.93. The molecule has 7 heteroatoms. The van der Waals surface area contributed by atoms with E-state index < -0.39 is 6.09 Å². The molecule has 0 aliphatic heterocycles. The van der Waals surface area contributed by atoms with E-state index in [2.05, 4.69) is 20.7 Å². The van der Waals surface area contributed by atoms with Crippen LogP contribution in [-0.2, 0) is 4.74 Å². The lowest BCUT2D eigenvalue weighted by Gasteiger charge is -2.08. The van der Waals surface area contributed by atoms with Crippen molar-refractivity contribution in [3.05, 3.63) is 24.3 Å². The van der Waals surface area contributed by atoms with Gasteiger partial charge in [-0.3, -0.25) is 0 Å². The van der Waals surface area contributed by atoms with Gasteiger partial charge in [-0.25, -0.2) is 9.59 Å². The van der Waals surface area contributed by atoms with Crippen LogP contribution in [0.3, 0.4) is 0 Å². The van der Waals surface area contributed by atoms with Crippen molar-refractivity contribution in [3.63, 3.8) is 0 Å². The first kappa shape index (κ1) is 14.6. The Kier molecular flexibility index (Phi) is 6.00. The molecule has 0 saturated carbocycles. The summed E-state index contributed by atoms with van der Waals surface area (Å²) in [6.45, 7) is 2.64. The van der Waals surface area contributed by atoms with E-state index >= 15 is 0 Å². The lowest BCUT2D eigenvalue weighted by Crippen LogP contribution is -2.37. The van der Waals surface area contributed by atoms with Gasteiger partial charge >= 0.3 is 12.1 Å². The fraction of sp³-hybridized carbons (Fsp3) is 0.333. The lowest BCUT2D eigenvalue weighted by molar-refractivity contribution is 0.152. The van der Waals surface area contributed by atoms with Crippen LogP contribution in [0.1, 0.15) is 6.92 Å². The molecule has 0 bridgehead atoms. The molecule has 0 fully saturated rings. The van der Waals surface area contributed by atoms with Gasteiger partial charge in [-0.2, -0.15) is 0 Å². The molecule has 1 aromatic carbocycles. The van der Waals surface area contributed by atoms with Crippen LogP contribution < -0.4 is 21.7 Å². The Bertz CT molecular complexity index is 419. The minimum atomic E-state index is -0.497. The van der Waals surface area contributed by atoms with Crippen LogP contribution in [-0.4, -0.2) is 31.8 Å². The van der Waals surface area contributed by atoms with Crippen molar-refractivity contribution < 1.29 is 14.3 Å². The quantitative estimate of drug-likeness (QED) is 0.473. The van der Waals surface area contributed by atoms with Gasteiger partial charge in [0.15, 0.2) is 0 Å². The maximum Gasteiger partial charge on any atom is 0.407 e. The molecule has 0 aliphatic rings. The zero-order valence-corrected chi connectivity index (χ0v) is 10.7. The summed E-state index contributed by atoms with van der Waals surface area (Å²) in [5.41, 5.74) is 6.80. The van der Waals surface area contributed by atoms with Gasteiger partial charge in [0.2, 0.25) is 0 Å². The van der Waals surface area contributed by atoms with E-state index in [1.807, 2.05) is 0 Å². The summed E-state index contributed by atoms with van der Waals surface area (Å²) in [7, 11) is 0. The number of hydrogen-bond donors (Lipinski definition) is 4. The fourth-order valence-electron chi connectivity index (χ4n) is 1.26. The van der Waals surface area contributed by atoms with Gasteiger partial charge in [-0.05, 0) is 31.2 Å². The number of amides is 3. The highest BCUT2D eigenvalue weighted by molar-refractivity contribution is 5.89. The molecule has 1 aromatic rings. The summed E-state index contributed by atoms with van der Waals surface area (Å²) < 4.78 is 4.67. The first-order valence-corrected chi connectivity index (χ1v) is 5.93. The topological polar surface area (TPSA) is 105 Å². The Labute approximate surface area is 111 Å². The highest BCUT2D eigenvalue weighted by Gasteiger charge is 2.02. The van der Waals surface area contributed by atoms with E-state index in [0.29, 0.717) is 31.1 Å². The number of nitrogen functional groups attached to an aromatic ring is 1. The maximum atomic E-state index is 11.5. The van der Waals surface area contributed by atoms with Crippen molar-refractivity contribution in [2.24, 2.45) is 0 Å². The third kappa shape index (κ3) is 6.16.